The Kier molecular flexibility index (Phi) is 7.15. The second-order valence-electron chi connectivity index (χ2n) is 15.4. The van der Waals surface area contributed by atoms with Crippen LogP contribution in [0.3, 0.4) is 0 Å². The van der Waals surface area contributed by atoms with Crippen LogP contribution in [0.15, 0.2) is 204 Å². The lowest BCUT2D eigenvalue weighted by molar-refractivity contribution is 1.17. The molecule has 10 aromatic carbocycles. The number of para-hydroxylation sites is 3. The fraction of sp³-hybridized carbons (Fsp3) is 0. The summed E-state index contributed by atoms with van der Waals surface area (Å²) >= 11 is 3.72. The van der Waals surface area contributed by atoms with E-state index in [1.807, 2.05) is 23.1 Å². The Labute approximate surface area is 348 Å². The van der Waals surface area contributed by atoms with E-state index < -0.39 is 0 Å². The molecule has 1 aliphatic heterocycles. The molecule has 0 radical (unpaired) electrons. The topological polar surface area (TPSA) is 16.1 Å². The third kappa shape index (κ3) is 4.97. The van der Waals surface area contributed by atoms with Gasteiger partial charge in [-0.2, -0.15) is 0 Å². The predicted octanol–water partition coefficient (Wildman–Crippen LogP) is 16.5. The molecule has 4 heteroatoms. The van der Waals surface area contributed by atoms with Gasteiger partial charge in [0.05, 0.1) is 22.6 Å². The maximum absolute atomic E-state index is 5.44. The van der Waals surface area contributed by atoms with E-state index in [-0.39, 0.29) is 0 Å². The SMILES string of the molecule is c1cc(-c2ccc3sc4ccc5c(-c6ccc7c8ccccc8c8ccccc8c7c6)nc6ccccc6c5c4c3c2)cc(N2c3ccccc3Sc3ccccc32)c1. The predicted molar refractivity (Wildman–Crippen MR) is 254 cm³/mol. The molecule has 12 aromatic rings. The number of benzene rings is 10. The molecule has 0 fully saturated rings. The lowest BCUT2D eigenvalue weighted by Crippen LogP contribution is -2.14. The molecule has 0 aliphatic carbocycles. The lowest BCUT2D eigenvalue weighted by atomic mass is 9.91. The number of rotatable bonds is 3. The van der Waals surface area contributed by atoms with Crippen LogP contribution in [0.5, 0.6) is 0 Å². The summed E-state index contributed by atoms with van der Waals surface area (Å²) in [7, 11) is 0. The van der Waals surface area contributed by atoms with Gasteiger partial charge >= 0.3 is 0 Å². The van der Waals surface area contributed by atoms with Crippen LogP contribution < -0.4 is 4.90 Å². The van der Waals surface area contributed by atoms with E-state index in [0.29, 0.717) is 0 Å². The molecule has 3 heterocycles. The van der Waals surface area contributed by atoms with Gasteiger partial charge in [-0.3, -0.25) is 0 Å². The zero-order valence-electron chi connectivity index (χ0n) is 31.7. The number of pyridine rings is 1. The van der Waals surface area contributed by atoms with Gasteiger partial charge in [-0.1, -0.05) is 139 Å². The minimum atomic E-state index is 1.01. The number of nitrogens with zero attached hydrogens (tertiary/aromatic N) is 2. The first-order chi connectivity index (χ1) is 29.2. The molecule has 2 aromatic heterocycles. The maximum Gasteiger partial charge on any atom is 0.0788 e. The number of fused-ring (bicyclic) bond motifs is 15. The van der Waals surface area contributed by atoms with E-state index in [0.717, 1.165) is 22.5 Å². The van der Waals surface area contributed by atoms with Crippen LogP contribution in [-0.2, 0) is 0 Å². The Morgan fingerprint density at radius 3 is 1.66 bits per heavy atom. The van der Waals surface area contributed by atoms with Gasteiger partial charge in [0.25, 0.3) is 0 Å². The van der Waals surface area contributed by atoms with E-state index in [1.54, 1.807) is 0 Å². The molecule has 0 saturated carbocycles. The fourth-order valence-corrected chi connectivity index (χ4v) is 11.7. The number of thiophene rings is 1. The molecule has 0 spiro atoms. The molecular formula is C55H32N2S2. The normalized spacial score (nSPS) is 12.6. The average Bonchev–Trinajstić information content (AvgIpc) is 3.69. The zero-order valence-corrected chi connectivity index (χ0v) is 33.3. The van der Waals surface area contributed by atoms with Crippen molar-refractivity contribution >= 4 is 114 Å². The van der Waals surface area contributed by atoms with Gasteiger partial charge in [0.15, 0.2) is 0 Å². The molecule has 1 aliphatic rings. The molecule has 59 heavy (non-hydrogen) atoms. The molecule has 0 bridgehead atoms. The maximum atomic E-state index is 5.44. The summed E-state index contributed by atoms with van der Waals surface area (Å²) in [6.45, 7) is 0. The van der Waals surface area contributed by atoms with Crippen molar-refractivity contribution in [3.8, 4) is 22.4 Å². The quantitative estimate of drug-likeness (QED) is 0.166. The summed E-state index contributed by atoms with van der Waals surface area (Å²) in [6, 6.07) is 71.4. The van der Waals surface area contributed by atoms with E-state index in [4.69, 9.17) is 4.98 Å². The minimum absolute atomic E-state index is 1.01. The molecule has 0 unspecified atom stereocenters. The average molecular weight is 785 g/mol. The van der Waals surface area contributed by atoms with E-state index >= 15 is 0 Å². The smallest absolute Gasteiger partial charge is 0.0788 e. The standard InChI is InChI=1S/C55H32N2S2/c1-2-16-39-37(14-1)38-15-3-4-17-40(38)44-32-35(24-26-41(39)44)55-43-27-29-52-54(53(43)42-18-5-6-19-46(42)56-55)45-31-34(25-28-49(45)58-52)33-12-11-13-36(30-33)57-47-20-7-9-22-50(47)59-51-23-10-8-21-48(51)57/h1-32H. The van der Waals surface area contributed by atoms with Crippen molar-refractivity contribution in [2.75, 3.05) is 4.90 Å². The molecule has 0 amide bonds. The van der Waals surface area contributed by atoms with E-state index in [9.17, 15) is 0 Å². The number of aromatic nitrogens is 1. The van der Waals surface area contributed by atoms with Crippen LogP contribution >= 0.6 is 23.1 Å². The van der Waals surface area contributed by atoms with Gasteiger partial charge in [-0.05, 0) is 110 Å². The van der Waals surface area contributed by atoms with Crippen LogP contribution in [0.1, 0.15) is 0 Å². The third-order valence-electron chi connectivity index (χ3n) is 12.2. The lowest BCUT2D eigenvalue weighted by Gasteiger charge is -2.33. The van der Waals surface area contributed by atoms with E-state index in [1.165, 1.54) is 101 Å². The largest absolute Gasteiger partial charge is 0.308 e. The highest BCUT2D eigenvalue weighted by atomic mass is 32.2. The van der Waals surface area contributed by atoms with Crippen molar-refractivity contribution in [1.29, 1.82) is 0 Å². The van der Waals surface area contributed by atoms with Gasteiger partial charge in [-0.25, -0.2) is 4.98 Å². The van der Waals surface area contributed by atoms with Crippen LogP contribution in [0.25, 0.3) is 96.5 Å². The second kappa shape index (κ2) is 12.8. The van der Waals surface area contributed by atoms with Crippen molar-refractivity contribution < 1.29 is 0 Å². The molecular weight excluding hydrogens is 753 g/mol. The monoisotopic (exact) mass is 784 g/mol. The number of hydrogen-bond donors (Lipinski definition) is 0. The van der Waals surface area contributed by atoms with Crippen LogP contribution in [0, 0.1) is 0 Å². The summed E-state index contributed by atoms with van der Waals surface area (Å²) in [5, 5.41) is 13.8. The van der Waals surface area contributed by atoms with Gasteiger partial charge in [0, 0.05) is 57.4 Å². The second-order valence-corrected chi connectivity index (χ2v) is 17.6. The van der Waals surface area contributed by atoms with Crippen molar-refractivity contribution in [2.45, 2.75) is 9.79 Å². The first kappa shape index (κ1) is 33.0. The first-order valence-corrected chi connectivity index (χ1v) is 21.7. The van der Waals surface area contributed by atoms with Crippen LogP contribution in [0.4, 0.5) is 17.1 Å². The Balaban J connectivity index is 1.02. The van der Waals surface area contributed by atoms with E-state index in [2.05, 4.69) is 199 Å². The third-order valence-corrected chi connectivity index (χ3v) is 14.5. The molecule has 274 valence electrons. The molecule has 0 N–H and O–H groups in total. The first-order valence-electron chi connectivity index (χ1n) is 20.0. The molecule has 13 rings (SSSR count). The van der Waals surface area contributed by atoms with Crippen LogP contribution in [-0.4, -0.2) is 4.98 Å². The van der Waals surface area contributed by atoms with Crippen LogP contribution in [0.2, 0.25) is 0 Å². The Hall–Kier alpha value is -6.98. The van der Waals surface area contributed by atoms with Gasteiger partial charge < -0.3 is 4.90 Å². The highest BCUT2D eigenvalue weighted by molar-refractivity contribution is 7.99. The molecule has 0 atom stereocenters. The number of anilines is 3. The molecule has 2 nitrogen and oxygen atoms in total. The fourth-order valence-electron chi connectivity index (χ4n) is 9.57. The summed E-state index contributed by atoms with van der Waals surface area (Å²) in [6.07, 6.45) is 0. The van der Waals surface area contributed by atoms with Gasteiger partial charge in [0.2, 0.25) is 0 Å². The van der Waals surface area contributed by atoms with Crippen molar-refractivity contribution in [3.05, 3.63) is 194 Å². The summed E-state index contributed by atoms with van der Waals surface area (Å²) < 4.78 is 2.57. The highest BCUT2D eigenvalue weighted by Crippen LogP contribution is 2.52. The number of hydrogen-bond acceptors (Lipinski definition) is 4. The summed E-state index contributed by atoms with van der Waals surface area (Å²) in [5.74, 6) is 0. The Morgan fingerprint density at radius 2 is 0.915 bits per heavy atom. The van der Waals surface area contributed by atoms with Crippen molar-refractivity contribution in [3.63, 3.8) is 0 Å². The Morgan fingerprint density at radius 1 is 0.356 bits per heavy atom. The molecule has 0 saturated heterocycles. The van der Waals surface area contributed by atoms with Crippen molar-refractivity contribution in [1.82, 2.24) is 4.98 Å². The Bertz CT molecular complexity index is 3650. The highest BCUT2D eigenvalue weighted by Gasteiger charge is 2.25. The van der Waals surface area contributed by atoms with Gasteiger partial charge in [-0.15, -0.1) is 11.3 Å². The van der Waals surface area contributed by atoms with Gasteiger partial charge in [0.1, 0.15) is 0 Å². The zero-order chi connectivity index (χ0) is 38.6. The summed E-state index contributed by atoms with van der Waals surface area (Å²) in [4.78, 5) is 10.4. The minimum Gasteiger partial charge on any atom is -0.308 e. The van der Waals surface area contributed by atoms with Crippen molar-refractivity contribution in [2.24, 2.45) is 0 Å². The summed E-state index contributed by atoms with van der Waals surface area (Å²) in [5.41, 5.74) is 9.13.